The zero-order valence-corrected chi connectivity index (χ0v) is 16.5. The number of hydrogen-bond acceptors (Lipinski definition) is 8. The number of anilines is 3. The highest BCUT2D eigenvalue weighted by Gasteiger charge is 2.19. The van der Waals surface area contributed by atoms with Crippen LogP contribution in [0.2, 0.25) is 0 Å². The molecular weight excluding hydrogens is 364 g/mol. The lowest BCUT2D eigenvalue weighted by molar-refractivity contribution is 0.648. The first-order valence-electron chi connectivity index (χ1n) is 9.69. The predicted molar refractivity (Wildman–Crippen MR) is 116 cm³/mol. The zero-order chi connectivity index (χ0) is 19.8. The molecule has 5 rings (SSSR count). The molecule has 1 aliphatic rings. The van der Waals surface area contributed by atoms with Crippen molar-refractivity contribution in [3.05, 3.63) is 49.1 Å². The molecule has 0 spiro atoms. The number of fused-ring (bicyclic) bond motifs is 2. The summed E-state index contributed by atoms with van der Waals surface area (Å²) in [4.78, 5) is 28.9. The molecule has 8 nitrogen and oxygen atoms in total. The third-order valence-electron chi connectivity index (χ3n) is 5.31. The second-order valence-electron chi connectivity index (χ2n) is 7.34. The number of nitrogens with zero attached hydrogens (tertiary/aromatic N) is 8. The van der Waals surface area contributed by atoms with Crippen molar-refractivity contribution in [2.24, 2.45) is 0 Å². The van der Waals surface area contributed by atoms with Crippen LogP contribution in [-0.2, 0) is 0 Å². The van der Waals surface area contributed by atoms with Gasteiger partial charge in [-0.2, -0.15) is 0 Å². The Morgan fingerprint density at radius 1 is 0.793 bits per heavy atom. The average Bonchev–Trinajstić information content (AvgIpc) is 2.78. The van der Waals surface area contributed by atoms with Gasteiger partial charge in [-0.3, -0.25) is 4.98 Å². The minimum Gasteiger partial charge on any atom is -0.368 e. The van der Waals surface area contributed by atoms with Crippen molar-refractivity contribution >= 4 is 39.4 Å². The van der Waals surface area contributed by atoms with Crippen LogP contribution in [0.1, 0.15) is 0 Å². The van der Waals surface area contributed by atoms with Crippen LogP contribution in [0.25, 0.3) is 22.1 Å². The highest BCUT2D eigenvalue weighted by molar-refractivity contribution is 5.91. The molecule has 3 aromatic heterocycles. The van der Waals surface area contributed by atoms with Gasteiger partial charge in [0.25, 0.3) is 0 Å². The van der Waals surface area contributed by atoms with Crippen molar-refractivity contribution in [3.63, 3.8) is 0 Å². The summed E-state index contributed by atoms with van der Waals surface area (Å²) in [6, 6.07) is 10.4. The Kier molecular flexibility index (Phi) is 4.31. The molecule has 0 N–H and O–H groups in total. The summed E-state index contributed by atoms with van der Waals surface area (Å²) in [5.41, 5.74) is 3.68. The summed E-state index contributed by atoms with van der Waals surface area (Å²) in [7, 11) is 4.02. The van der Waals surface area contributed by atoms with Crippen molar-refractivity contribution < 1.29 is 0 Å². The second kappa shape index (κ2) is 7.12. The van der Waals surface area contributed by atoms with Gasteiger partial charge < -0.3 is 14.7 Å². The summed E-state index contributed by atoms with van der Waals surface area (Å²) >= 11 is 0. The van der Waals surface area contributed by atoms with Crippen molar-refractivity contribution in [1.82, 2.24) is 24.9 Å². The molecule has 0 unspecified atom stereocenters. The fourth-order valence-electron chi connectivity index (χ4n) is 3.80. The molecule has 0 atom stereocenters. The topological polar surface area (TPSA) is 74.2 Å². The Hall–Kier alpha value is -3.55. The number of aromatic nitrogens is 5. The Morgan fingerprint density at radius 3 is 2.38 bits per heavy atom. The first-order valence-corrected chi connectivity index (χ1v) is 9.69. The van der Waals surface area contributed by atoms with Gasteiger partial charge in [-0.15, -0.1) is 0 Å². The molecule has 4 aromatic rings. The van der Waals surface area contributed by atoms with Crippen molar-refractivity contribution in [2.45, 2.75) is 0 Å². The van der Waals surface area contributed by atoms with E-state index >= 15 is 0 Å². The molecule has 1 saturated heterocycles. The van der Waals surface area contributed by atoms with Gasteiger partial charge in [-0.1, -0.05) is 0 Å². The van der Waals surface area contributed by atoms with Crippen molar-refractivity contribution in [3.8, 4) is 0 Å². The Labute approximate surface area is 168 Å². The van der Waals surface area contributed by atoms with E-state index in [2.05, 4.69) is 52.9 Å². The lowest BCUT2D eigenvalue weighted by atomic mass is 10.1. The van der Waals surface area contributed by atoms with E-state index in [-0.39, 0.29) is 0 Å². The maximum Gasteiger partial charge on any atom is 0.180 e. The maximum atomic E-state index is 4.68. The molecule has 29 heavy (non-hydrogen) atoms. The van der Waals surface area contributed by atoms with Crippen LogP contribution in [-0.4, -0.2) is 65.2 Å². The SMILES string of the molecule is CN(C)c1ncnc2ccc(N3CCN(c4ccc5nccnc5n4)CC3)cc12. The predicted octanol–water partition coefficient (Wildman–Crippen LogP) is 2.36. The summed E-state index contributed by atoms with van der Waals surface area (Å²) in [6.07, 6.45) is 5.00. The third kappa shape index (κ3) is 3.26. The first-order chi connectivity index (χ1) is 14.2. The lowest BCUT2D eigenvalue weighted by Gasteiger charge is -2.36. The summed E-state index contributed by atoms with van der Waals surface area (Å²) in [6.45, 7) is 3.67. The van der Waals surface area contributed by atoms with E-state index in [0.29, 0.717) is 5.65 Å². The van der Waals surface area contributed by atoms with Gasteiger partial charge in [0.15, 0.2) is 5.65 Å². The van der Waals surface area contributed by atoms with Crippen LogP contribution < -0.4 is 14.7 Å². The quantitative estimate of drug-likeness (QED) is 0.531. The highest BCUT2D eigenvalue weighted by Crippen LogP contribution is 2.28. The van der Waals surface area contributed by atoms with Gasteiger partial charge in [-0.25, -0.2) is 19.9 Å². The van der Waals surface area contributed by atoms with E-state index in [1.54, 1.807) is 18.7 Å². The van der Waals surface area contributed by atoms with Crippen molar-refractivity contribution in [1.29, 1.82) is 0 Å². The zero-order valence-electron chi connectivity index (χ0n) is 16.5. The molecule has 1 fully saturated rings. The van der Waals surface area contributed by atoms with Gasteiger partial charge in [0.1, 0.15) is 23.5 Å². The molecular formula is C21H22N8. The van der Waals surface area contributed by atoms with Gasteiger partial charge in [-0.05, 0) is 30.3 Å². The number of benzene rings is 1. The molecule has 0 radical (unpaired) electrons. The van der Waals surface area contributed by atoms with E-state index in [4.69, 9.17) is 0 Å². The monoisotopic (exact) mass is 386 g/mol. The summed E-state index contributed by atoms with van der Waals surface area (Å²) in [5.74, 6) is 1.90. The van der Waals surface area contributed by atoms with Crippen LogP contribution in [0.15, 0.2) is 49.1 Å². The van der Waals surface area contributed by atoms with Gasteiger partial charge in [0, 0.05) is 63.7 Å². The van der Waals surface area contributed by atoms with Crippen molar-refractivity contribution in [2.75, 3.05) is 55.0 Å². The molecule has 1 aliphatic heterocycles. The minimum atomic E-state index is 0.693. The third-order valence-corrected chi connectivity index (χ3v) is 5.31. The fourth-order valence-corrected chi connectivity index (χ4v) is 3.80. The van der Waals surface area contributed by atoms with Gasteiger partial charge in [0.05, 0.1) is 5.52 Å². The first kappa shape index (κ1) is 17.5. The van der Waals surface area contributed by atoms with E-state index in [1.165, 1.54) is 5.69 Å². The summed E-state index contributed by atoms with van der Waals surface area (Å²) < 4.78 is 0. The van der Waals surface area contributed by atoms with E-state index in [0.717, 1.165) is 54.2 Å². The number of hydrogen-bond donors (Lipinski definition) is 0. The highest BCUT2D eigenvalue weighted by atomic mass is 15.3. The summed E-state index contributed by atoms with van der Waals surface area (Å²) in [5, 5.41) is 1.08. The molecule has 8 heteroatoms. The van der Waals surface area contributed by atoms with E-state index in [1.807, 2.05) is 31.1 Å². The second-order valence-corrected chi connectivity index (χ2v) is 7.34. The van der Waals surface area contributed by atoms with Gasteiger partial charge in [0.2, 0.25) is 0 Å². The molecule has 0 bridgehead atoms. The molecule has 1 aromatic carbocycles. The maximum absolute atomic E-state index is 4.68. The Balaban J connectivity index is 1.36. The van der Waals surface area contributed by atoms with E-state index < -0.39 is 0 Å². The Bertz CT molecular complexity index is 1170. The van der Waals surface area contributed by atoms with Crippen LogP contribution in [0.5, 0.6) is 0 Å². The van der Waals surface area contributed by atoms with Crippen LogP contribution in [0.4, 0.5) is 17.3 Å². The van der Waals surface area contributed by atoms with Gasteiger partial charge >= 0.3 is 0 Å². The minimum absolute atomic E-state index is 0.693. The molecule has 0 amide bonds. The molecule has 0 aliphatic carbocycles. The molecule has 4 heterocycles. The standard InChI is InChI=1S/C21H22N8/c1-27(2)21-16-13-15(3-4-17(16)24-14-25-21)28-9-11-29(12-10-28)19-6-5-18-20(26-19)23-8-7-22-18/h3-8,13-14H,9-12H2,1-2H3. The fraction of sp³-hybridized carbons (Fsp3) is 0.286. The van der Waals surface area contributed by atoms with Crippen LogP contribution in [0.3, 0.4) is 0 Å². The van der Waals surface area contributed by atoms with Crippen LogP contribution in [0, 0.1) is 0 Å². The molecule has 146 valence electrons. The average molecular weight is 386 g/mol. The van der Waals surface area contributed by atoms with E-state index in [9.17, 15) is 0 Å². The number of rotatable bonds is 3. The Morgan fingerprint density at radius 2 is 1.55 bits per heavy atom. The lowest BCUT2D eigenvalue weighted by Crippen LogP contribution is -2.46. The number of piperazine rings is 1. The molecule has 0 saturated carbocycles. The smallest absolute Gasteiger partial charge is 0.180 e. The number of pyridine rings is 1. The largest absolute Gasteiger partial charge is 0.368 e. The van der Waals surface area contributed by atoms with Crippen LogP contribution >= 0.6 is 0 Å². The normalized spacial score (nSPS) is 14.6.